The van der Waals surface area contributed by atoms with E-state index in [1.54, 1.807) is 24.4 Å². The molecule has 0 saturated carbocycles. The van der Waals surface area contributed by atoms with E-state index in [1.165, 1.54) is 11.8 Å². The molecule has 3 aromatic carbocycles. The zero-order chi connectivity index (χ0) is 24.4. The third kappa shape index (κ3) is 4.92. The first-order valence-corrected chi connectivity index (χ1v) is 12.3. The van der Waals surface area contributed by atoms with Crippen LogP contribution in [0, 0.1) is 6.92 Å². The van der Waals surface area contributed by atoms with Crippen molar-refractivity contribution in [2.24, 2.45) is 10.2 Å². The van der Waals surface area contributed by atoms with Gasteiger partial charge in [0, 0.05) is 33.5 Å². The predicted octanol–water partition coefficient (Wildman–Crippen LogP) is 5.99. The molecule has 1 aliphatic rings. The summed E-state index contributed by atoms with van der Waals surface area (Å²) in [6.07, 6.45) is 1.76. The SMILES string of the molecule is Cc1cc(C(=O)CC2S/C(=N\N=C\c3c(-c4ccccc4)[nH]c4ccccc34)NC2=O)ccc1Cl. The number of carbonyl (C=O) groups is 2. The van der Waals surface area contributed by atoms with Gasteiger partial charge in [-0.2, -0.15) is 5.10 Å². The average molecular weight is 501 g/mol. The molecule has 2 N–H and O–H groups in total. The molecule has 8 heteroatoms. The number of H-pyrrole nitrogens is 1. The summed E-state index contributed by atoms with van der Waals surface area (Å²) >= 11 is 7.26. The second-order valence-electron chi connectivity index (χ2n) is 8.16. The summed E-state index contributed by atoms with van der Waals surface area (Å²) in [5.41, 5.74) is 5.26. The van der Waals surface area contributed by atoms with Gasteiger partial charge in [0.1, 0.15) is 0 Å². The van der Waals surface area contributed by atoms with Crippen molar-refractivity contribution in [3.05, 3.63) is 94.5 Å². The number of para-hydroxylation sites is 1. The topological polar surface area (TPSA) is 86.7 Å². The Morgan fingerprint density at radius 1 is 1.09 bits per heavy atom. The van der Waals surface area contributed by atoms with Gasteiger partial charge in [0.05, 0.1) is 17.2 Å². The zero-order valence-electron chi connectivity index (χ0n) is 18.8. The standard InChI is InChI=1S/C27H21ClN4O2S/c1-16-13-18(11-12-21(16)28)23(33)14-24-26(34)31-27(35-24)32-29-15-20-19-9-5-6-10-22(19)30-25(20)17-7-3-2-4-8-17/h2-13,15,24,30H,14H2,1H3,(H,31,32,34)/b29-15+. The number of benzene rings is 3. The summed E-state index contributed by atoms with van der Waals surface area (Å²) in [7, 11) is 0. The lowest BCUT2D eigenvalue weighted by Gasteiger charge is -2.06. The van der Waals surface area contributed by atoms with Crippen LogP contribution in [0.4, 0.5) is 0 Å². The summed E-state index contributed by atoms with van der Waals surface area (Å²) in [6, 6.07) is 23.1. The Bertz CT molecular complexity index is 1490. The largest absolute Gasteiger partial charge is 0.354 e. The van der Waals surface area contributed by atoms with Crippen LogP contribution in [-0.4, -0.2) is 33.3 Å². The van der Waals surface area contributed by atoms with Crippen molar-refractivity contribution >= 4 is 57.3 Å². The lowest BCUT2D eigenvalue weighted by atomic mass is 10.0. The number of fused-ring (bicyclic) bond motifs is 1. The van der Waals surface area contributed by atoms with E-state index in [-0.39, 0.29) is 18.1 Å². The summed E-state index contributed by atoms with van der Waals surface area (Å²) in [5, 5.41) is 12.7. The molecule has 1 aliphatic heterocycles. The first kappa shape index (κ1) is 23.1. The maximum atomic E-state index is 12.7. The van der Waals surface area contributed by atoms with Crippen molar-refractivity contribution in [2.45, 2.75) is 18.6 Å². The number of nitrogens with one attached hydrogen (secondary N) is 2. The first-order chi connectivity index (χ1) is 17.0. The number of aryl methyl sites for hydroxylation is 1. The Morgan fingerprint density at radius 3 is 2.66 bits per heavy atom. The molecule has 0 radical (unpaired) electrons. The second kappa shape index (κ2) is 9.90. The van der Waals surface area contributed by atoms with Gasteiger partial charge in [-0.05, 0) is 42.3 Å². The first-order valence-electron chi connectivity index (χ1n) is 11.0. The van der Waals surface area contributed by atoms with Gasteiger partial charge < -0.3 is 10.3 Å². The molecule has 1 fully saturated rings. The van der Waals surface area contributed by atoms with Gasteiger partial charge in [0.25, 0.3) is 0 Å². The van der Waals surface area contributed by atoms with E-state index in [2.05, 4.69) is 20.5 Å². The second-order valence-corrected chi connectivity index (χ2v) is 9.76. The number of aromatic nitrogens is 1. The molecule has 35 heavy (non-hydrogen) atoms. The highest BCUT2D eigenvalue weighted by Crippen LogP contribution is 2.29. The highest BCUT2D eigenvalue weighted by molar-refractivity contribution is 8.15. The van der Waals surface area contributed by atoms with Crippen molar-refractivity contribution in [2.75, 3.05) is 0 Å². The van der Waals surface area contributed by atoms with Crippen molar-refractivity contribution in [1.82, 2.24) is 10.3 Å². The lowest BCUT2D eigenvalue weighted by molar-refractivity contribution is -0.118. The van der Waals surface area contributed by atoms with Crippen molar-refractivity contribution in [3.8, 4) is 11.3 Å². The third-order valence-electron chi connectivity index (χ3n) is 5.77. The Hall–Kier alpha value is -3.68. The maximum Gasteiger partial charge on any atom is 0.240 e. The Kier molecular flexibility index (Phi) is 6.53. The molecule has 1 unspecified atom stereocenters. The van der Waals surface area contributed by atoms with Crippen LogP contribution in [0.1, 0.15) is 27.9 Å². The van der Waals surface area contributed by atoms with E-state index in [1.807, 2.05) is 61.5 Å². The Balaban J connectivity index is 1.34. The highest BCUT2D eigenvalue weighted by Gasteiger charge is 2.32. The van der Waals surface area contributed by atoms with Crippen LogP contribution < -0.4 is 5.32 Å². The van der Waals surface area contributed by atoms with Crippen LogP contribution in [0.25, 0.3) is 22.2 Å². The van der Waals surface area contributed by atoms with Gasteiger partial charge in [-0.25, -0.2) is 0 Å². The van der Waals surface area contributed by atoms with E-state index in [0.29, 0.717) is 15.8 Å². The number of rotatable bonds is 6. The quantitative estimate of drug-likeness (QED) is 0.193. The number of amides is 1. The molecule has 6 nitrogen and oxygen atoms in total. The predicted molar refractivity (Wildman–Crippen MR) is 143 cm³/mol. The van der Waals surface area contributed by atoms with Crippen molar-refractivity contribution in [3.63, 3.8) is 0 Å². The van der Waals surface area contributed by atoms with Crippen LogP contribution in [-0.2, 0) is 4.79 Å². The van der Waals surface area contributed by atoms with Crippen LogP contribution in [0.15, 0.2) is 83.0 Å². The van der Waals surface area contributed by atoms with Crippen LogP contribution in [0.2, 0.25) is 5.02 Å². The number of amidine groups is 1. The van der Waals surface area contributed by atoms with Gasteiger partial charge >= 0.3 is 0 Å². The zero-order valence-corrected chi connectivity index (χ0v) is 20.4. The fourth-order valence-electron chi connectivity index (χ4n) is 3.96. The van der Waals surface area contributed by atoms with E-state index < -0.39 is 5.25 Å². The van der Waals surface area contributed by atoms with Gasteiger partial charge in [0.15, 0.2) is 11.0 Å². The number of hydrogen-bond donors (Lipinski definition) is 2. The minimum Gasteiger partial charge on any atom is -0.354 e. The van der Waals surface area contributed by atoms with Crippen LogP contribution in [0.5, 0.6) is 0 Å². The molecule has 174 valence electrons. The van der Waals surface area contributed by atoms with Gasteiger partial charge in [0.2, 0.25) is 5.91 Å². The number of hydrogen-bond acceptors (Lipinski definition) is 5. The molecule has 4 aromatic rings. The minimum atomic E-state index is -0.555. The van der Waals surface area contributed by atoms with Gasteiger partial charge in [-0.15, -0.1) is 5.10 Å². The number of aromatic amines is 1. The fourth-order valence-corrected chi connectivity index (χ4v) is 5.00. The number of nitrogens with zero attached hydrogens (tertiary/aromatic N) is 2. The van der Waals surface area contributed by atoms with Crippen LogP contribution in [0.3, 0.4) is 0 Å². The smallest absolute Gasteiger partial charge is 0.240 e. The summed E-state index contributed by atoms with van der Waals surface area (Å²) < 4.78 is 0. The number of halogens is 1. The molecule has 5 rings (SSSR count). The number of Topliss-reactive ketones (excluding diaryl/α,β-unsaturated/α-hetero) is 1. The van der Waals surface area contributed by atoms with Gasteiger partial charge in [-0.1, -0.05) is 71.9 Å². The molecular formula is C27H21ClN4O2S. The van der Waals surface area contributed by atoms with Gasteiger partial charge in [-0.3, -0.25) is 9.59 Å². The van der Waals surface area contributed by atoms with Crippen LogP contribution >= 0.6 is 23.4 Å². The van der Waals surface area contributed by atoms with E-state index in [4.69, 9.17) is 11.6 Å². The van der Waals surface area contributed by atoms with E-state index >= 15 is 0 Å². The molecule has 0 aliphatic carbocycles. The molecule has 2 heterocycles. The summed E-state index contributed by atoms with van der Waals surface area (Å²) in [6.45, 7) is 1.84. The maximum absolute atomic E-state index is 12.7. The number of ketones is 1. The van der Waals surface area contributed by atoms with Crippen molar-refractivity contribution < 1.29 is 9.59 Å². The molecule has 0 bridgehead atoms. The highest BCUT2D eigenvalue weighted by atomic mass is 35.5. The molecule has 1 aromatic heterocycles. The van der Waals surface area contributed by atoms with E-state index in [0.717, 1.165) is 33.3 Å². The molecule has 1 atom stereocenters. The Morgan fingerprint density at radius 2 is 1.86 bits per heavy atom. The number of carbonyl (C=O) groups excluding carboxylic acids is 2. The summed E-state index contributed by atoms with van der Waals surface area (Å²) in [4.78, 5) is 28.6. The number of thioether (sulfide) groups is 1. The monoisotopic (exact) mass is 500 g/mol. The molecule has 0 spiro atoms. The average Bonchev–Trinajstić information content (AvgIpc) is 3.41. The molecule has 1 saturated heterocycles. The molecule has 1 amide bonds. The third-order valence-corrected chi connectivity index (χ3v) is 7.27. The minimum absolute atomic E-state index is 0.0703. The molecular weight excluding hydrogens is 480 g/mol. The summed E-state index contributed by atoms with van der Waals surface area (Å²) in [5.74, 6) is -0.367. The lowest BCUT2D eigenvalue weighted by Crippen LogP contribution is -2.26. The fraction of sp³-hybridized carbons (Fsp3) is 0.111. The Labute approximate surface area is 211 Å². The van der Waals surface area contributed by atoms with Crippen molar-refractivity contribution in [1.29, 1.82) is 0 Å². The normalized spacial score (nSPS) is 16.9. The van der Waals surface area contributed by atoms with E-state index in [9.17, 15) is 9.59 Å².